The Morgan fingerprint density at radius 2 is 2.10 bits per heavy atom. The Bertz CT molecular complexity index is 536. The van der Waals surface area contributed by atoms with Crippen LogP contribution in [0, 0.1) is 0 Å². The number of rotatable bonds is 4. The van der Waals surface area contributed by atoms with Gasteiger partial charge in [-0.05, 0) is 31.2 Å². The van der Waals surface area contributed by atoms with E-state index in [4.69, 9.17) is 5.73 Å². The molecular weight excluding hydrogens is 301 g/mol. The van der Waals surface area contributed by atoms with Crippen LogP contribution >= 0.6 is 11.8 Å². The van der Waals surface area contributed by atoms with Gasteiger partial charge in [-0.15, -0.1) is 0 Å². The Hall–Kier alpha value is -1.37. The van der Waals surface area contributed by atoms with Crippen LogP contribution < -0.4 is 11.1 Å². The first kappa shape index (κ1) is 16.0. The van der Waals surface area contributed by atoms with E-state index in [0.29, 0.717) is 6.54 Å². The van der Waals surface area contributed by atoms with E-state index in [-0.39, 0.29) is 10.3 Å². The van der Waals surface area contributed by atoms with Crippen LogP contribution in [0.15, 0.2) is 18.2 Å². The Kier molecular flexibility index (Phi) is 4.41. The normalized spacial score (nSPS) is 17.1. The molecule has 3 nitrogen and oxygen atoms in total. The van der Waals surface area contributed by atoms with Crippen LogP contribution in [0.2, 0.25) is 0 Å². The molecule has 1 aromatic carbocycles. The second-order valence-corrected chi connectivity index (χ2v) is 6.46. The number of amides is 1. The van der Waals surface area contributed by atoms with Gasteiger partial charge in [0.2, 0.25) is 0 Å². The van der Waals surface area contributed by atoms with Crippen molar-refractivity contribution >= 4 is 23.4 Å². The smallest absolute Gasteiger partial charge is 0.398 e. The molecule has 1 saturated carbocycles. The van der Waals surface area contributed by atoms with E-state index in [1.54, 1.807) is 11.8 Å². The molecular formula is C14H17F3N2OS. The number of thioether (sulfide) groups is 1. The summed E-state index contributed by atoms with van der Waals surface area (Å²) in [6.07, 6.45) is 0.542. The molecule has 0 heterocycles. The minimum absolute atomic E-state index is 0.0199. The van der Waals surface area contributed by atoms with Crippen molar-refractivity contribution in [3.8, 4) is 0 Å². The van der Waals surface area contributed by atoms with Crippen molar-refractivity contribution in [2.75, 3.05) is 18.5 Å². The number of anilines is 1. The third kappa shape index (κ3) is 3.28. The van der Waals surface area contributed by atoms with Crippen molar-refractivity contribution < 1.29 is 18.0 Å². The van der Waals surface area contributed by atoms with Gasteiger partial charge < -0.3 is 11.1 Å². The molecule has 116 valence electrons. The number of nitrogens with one attached hydrogen (secondary N) is 1. The van der Waals surface area contributed by atoms with Gasteiger partial charge in [0, 0.05) is 11.3 Å². The number of hydrogen-bond donors (Lipinski definition) is 2. The molecule has 3 N–H and O–H groups in total. The van der Waals surface area contributed by atoms with Crippen LogP contribution in [-0.2, 0) is 6.18 Å². The highest BCUT2D eigenvalue weighted by atomic mass is 32.2. The quantitative estimate of drug-likeness (QED) is 0.838. The summed E-state index contributed by atoms with van der Waals surface area (Å²) in [6.45, 7) is 0.447. The number of halogens is 3. The van der Waals surface area contributed by atoms with Gasteiger partial charge in [-0.2, -0.15) is 24.9 Å². The second-order valence-electron chi connectivity index (χ2n) is 5.19. The van der Waals surface area contributed by atoms with E-state index < -0.39 is 23.3 Å². The maximum Gasteiger partial charge on any atom is 0.418 e. The Morgan fingerprint density at radius 3 is 2.57 bits per heavy atom. The van der Waals surface area contributed by atoms with Crippen LogP contribution in [0.4, 0.5) is 18.9 Å². The molecule has 0 radical (unpaired) electrons. The summed E-state index contributed by atoms with van der Waals surface area (Å²) >= 11 is 1.68. The summed E-state index contributed by atoms with van der Waals surface area (Å²) in [7, 11) is 0. The van der Waals surface area contributed by atoms with Crippen LogP contribution in [-0.4, -0.2) is 23.5 Å². The number of carbonyl (C=O) groups is 1. The number of benzene rings is 1. The van der Waals surface area contributed by atoms with E-state index >= 15 is 0 Å². The fraction of sp³-hybridized carbons (Fsp3) is 0.500. The van der Waals surface area contributed by atoms with Gasteiger partial charge in [0.1, 0.15) is 0 Å². The highest BCUT2D eigenvalue weighted by Gasteiger charge is 2.37. The van der Waals surface area contributed by atoms with Crippen LogP contribution in [0.25, 0.3) is 0 Å². The molecule has 1 amide bonds. The zero-order valence-corrected chi connectivity index (χ0v) is 12.4. The Balaban J connectivity index is 2.13. The third-order valence-electron chi connectivity index (χ3n) is 3.93. The first-order valence-corrected chi connectivity index (χ1v) is 7.81. The zero-order valence-electron chi connectivity index (χ0n) is 11.6. The number of alkyl halides is 3. The first-order chi connectivity index (χ1) is 9.79. The van der Waals surface area contributed by atoms with Crippen molar-refractivity contribution in [2.24, 2.45) is 0 Å². The van der Waals surface area contributed by atoms with Gasteiger partial charge >= 0.3 is 6.18 Å². The van der Waals surface area contributed by atoms with Crippen molar-refractivity contribution in [3.05, 3.63) is 29.3 Å². The molecule has 1 aliphatic rings. The molecule has 0 aromatic heterocycles. The lowest BCUT2D eigenvalue weighted by Crippen LogP contribution is -2.45. The molecule has 0 atom stereocenters. The maximum absolute atomic E-state index is 12.8. The van der Waals surface area contributed by atoms with Crippen LogP contribution in [0.5, 0.6) is 0 Å². The summed E-state index contributed by atoms with van der Waals surface area (Å²) in [6, 6.07) is 3.38. The predicted molar refractivity (Wildman–Crippen MR) is 78.3 cm³/mol. The number of nitrogen functional groups attached to an aromatic ring is 1. The molecule has 0 spiro atoms. The molecule has 7 heteroatoms. The molecule has 2 rings (SSSR count). The number of carbonyl (C=O) groups excluding carboxylic acids is 1. The van der Waals surface area contributed by atoms with Gasteiger partial charge in [0.05, 0.1) is 16.8 Å². The monoisotopic (exact) mass is 318 g/mol. The molecule has 0 unspecified atom stereocenters. The fourth-order valence-corrected chi connectivity index (χ4v) is 3.28. The predicted octanol–water partition coefficient (Wildman–Crippen LogP) is 3.30. The number of hydrogen-bond acceptors (Lipinski definition) is 3. The van der Waals surface area contributed by atoms with Crippen molar-refractivity contribution in [1.29, 1.82) is 0 Å². The standard InChI is InChI=1S/C14H17F3N2OS/c1-21-13(6-3-7-13)8-19-12(20)9-4-2-5-10(11(9)18)14(15,16)17/h2,4-5H,3,6-8,18H2,1H3,(H,19,20). The van der Waals surface area contributed by atoms with Crippen molar-refractivity contribution in [1.82, 2.24) is 5.32 Å². The molecule has 1 fully saturated rings. The molecule has 1 aromatic rings. The first-order valence-electron chi connectivity index (χ1n) is 6.58. The lowest BCUT2D eigenvalue weighted by molar-refractivity contribution is -0.136. The molecule has 0 aliphatic heterocycles. The summed E-state index contributed by atoms with van der Waals surface area (Å²) in [5, 5.41) is 2.71. The second kappa shape index (κ2) is 5.79. The Labute approximate surface area is 125 Å². The summed E-state index contributed by atoms with van der Waals surface area (Å²) in [5.74, 6) is -0.557. The van der Waals surface area contributed by atoms with Gasteiger partial charge in [-0.1, -0.05) is 12.5 Å². The van der Waals surface area contributed by atoms with Gasteiger partial charge in [-0.25, -0.2) is 0 Å². The number of nitrogens with two attached hydrogens (primary N) is 1. The van der Waals surface area contributed by atoms with E-state index in [1.165, 1.54) is 12.1 Å². The van der Waals surface area contributed by atoms with Crippen molar-refractivity contribution in [3.63, 3.8) is 0 Å². The lowest BCUT2D eigenvalue weighted by atomic mass is 9.84. The Morgan fingerprint density at radius 1 is 1.43 bits per heavy atom. The van der Waals surface area contributed by atoms with Gasteiger partial charge in [-0.3, -0.25) is 4.79 Å². The van der Waals surface area contributed by atoms with E-state index in [0.717, 1.165) is 25.3 Å². The minimum Gasteiger partial charge on any atom is -0.398 e. The largest absolute Gasteiger partial charge is 0.418 e. The summed E-state index contributed by atoms with van der Waals surface area (Å²) in [5.41, 5.74) is 3.89. The van der Waals surface area contributed by atoms with Crippen LogP contribution in [0.3, 0.4) is 0 Å². The average molecular weight is 318 g/mol. The number of para-hydroxylation sites is 1. The van der Waals surface area contributed by atoms with E-state index in [9.17, 15) is 18.0 Å². The minimum atomic E-state index is -4.56. The van der Waals surface area contributed by atoms with E-state index in [2.05, 4.69) is 5.32 Å². The maximum atomic E-state index is 12.8. The highest BCUT2D eigenvalue weighted by molar-refractivity contribution is 8.00. The van der Waals surface area contributed by atoms with Crippen LogP contribution in [0.1, 0.15) is 35.2 Å². The SMILES string of the molecule is CSC1(CNC(=O)c2cccc(C(F)(F)F)c2N)CCC1. The summed E-state index contributed by atoms with van der Waals surface area (Å²) in [4.78, 5) is 12.1. The van der Waals surface area contributed by atoms with Gasteiger partial charge in [0.15, 0.2) is 0 Å². The molecule has 21 heavy (non-hydrogen) atoms. The van der Waals surface area contributed by atoms with Crippen molar-refractivity contribution in [2.45, 2.75) is 30.2 Å². The zero-order chi connectivity index (χ0) is 15.7. The molecule has 0 saturated heterocycles. The molecule has 0 bridgehead atoms. The lowest BCUT2D eigenvalue weighted by Gasteiger charge is -2.40. The highest BCUT2D eigenvalue weighted by Crippen LogP contribution is 2.42. The van der Waals surface area contributed by atoms with Gasteiger partial charge in [0.25, 0.3) is 5.91 Å². The average Bonchev–Trinajstić information content (AvgIpc) is 2.36. The van der Waals surface area contributed by atoms with E-state index in [1.807, 2.05) is 6.26 Å². The molecule has 1 aliphatic carbocycles. The fourth-order valence-electron chi connectivity index (χ4n) is 2.37. The summed E-state index contributed by atoms with van der Waals surface area (Å²) < 4.78 is 38.3. The topological polar surface area (TPSA) is 55.1 Å². The third-order valence-corrected chi connectivity index (χ3v) is 5.34.